The Kier molecular flexibility index (Phi) is 4.80. The van der Waals surface area contributed by atoms with E-state index >= 15 is 0 Å². The number of aryl methyl sites for hydroxylation is 1. The van der Waals surface area contributed by atoms with E-state index in [1.54, 1.807) is 71.8 Å². The lowest BCUT2D eigenvalue weighted by Gasteiger charge is -2.08. The Morgan fingerprint density at radius 3 is 2.46 bits per heavy atom. The highest BCUT2D eigenvalue weighted by molar-refractivity contribution is 7.94. The molecule has 0 saturated carbocycles. The van der Waals surface area contributed by atoms with Gasteiger partial charge in [-0.1, -0.05) is 0 Å². The first-order valence-electron chi connectivity index (χ1n) is 8.19. The molecule has 0 bridgehead atoms. The van der Waals surface area contributed by atoms with Crippen LogP contribution in [0.25, 0.3) is 5.82 Å². The van der Waals surface area contributed by atoms with Crippen molar-refractivity contribution in [3.63, 3.8) is 0 Å². The largest absolute Gasteiger partial charge is 0.438 e. The normalized spacial score (nSPS) is 11.3. The van der Waals surface area contributed by atoms with Gasteiger partial charge in [0.25, 0.3) is 10.0 Å². The summed E-state index contributed by atoms with van der Waals surface area (Å²) in [5.74, 6) is 1.46. The maximum absolute atomic E-state index is 12.4. The number of nitrogens with zero attached hydrogens (tertiary/aromatic N) is 4. The molecule has 1 aromatic carbocycles. The Bertz CT molecular complexity index is 1170. The predicted octanol–water partition coefficient (Wildman–Crippen LogP) is 3.63. The van der Waals surface area contributed by atoms with Crippen LogP contribution in [0.4, 0.5) is 5.69 Å². The average Bonchev–Trinajstić information content (AvgIpc) is 3.36. The molecule has 0 amide bonds. The fourth-order valence-corrected chi connectivity index (χ4v) is 4.72. The third-order valence-electron chi connectivity index (χ3n) is 3.70. The van der Waals surface area contributed by atoms with Crippen molar-refractivity contribution < 1.29 is 13.2 Å². The molecule has 3 heterocycles. The summed E-state index contributed by atoms with van der Waals surface area (Å²) in [6, 6.07) is 13.4. The van der Waals surface area contributed by atoms with Gasteiger partial charge in [-0.05, 0) is 49.4 Å². The van der Waals surface area contributed by atoms with Crippen LogP contribution in [0.5, 0.6) is 11.6 Å². The summed E-state index contributed by atoms with van der Waals surface area (Å²) < 4.78 is 34.9. The molecule has 0 radical (unpaired) electrons. The minimum atomic E-state index is -3.59. The summed E-state index contributed by atoms with van der Waals surface area (Å²) in [6.07, 6.45) is 5.05. The highest BCUT2D eigenvalue weighted by Gasteiger charge is 2.16. The number of sulfonamides is 1. The smallest absolute Gasteiger partial charge is 0.271 e. The molecular weight excluding hydrogens is 398 g/mol. The van der Waals surface area contributed by atoms with Gasteiger partial charge in [0.1, 0.15) is 16.3 Å². The number of hydrogen-bond donors (Lipinski definition) is 1. The number of hydrogen-bond acceptors (Lipinski definition) is 7. The van der Waals surface area contributed by atoms with Crippen LogP contribution in [0.3, 0.4) is 0 Å². The van der Waals surface area contributed by atoms with E-state index in [1.165, 1.54) is 11.3 Å². The second kappa shape index (κ2) is 7.41. The van der Waals surface area contributed by atoms with Crippen LogP contribution in [-0.4, -0.2) is 28.2 Å². The molecule has 0 aliphatic carbocycles. The summed E-state index contributed by atoms with van der Waals surface area (Å²) in [5, 5.41) is 8.10. The van der Waals surface area contributed by atoms with Gasteiger partial charge in [0, 0.05) is 29.0 Å². The Morgan fingerprint density at radius 1 is 1.04 bits per heavy atom. The molecule has 8 nitrogen and oxygen atoms in total. The molecule has 1 N–H and O–H groups in total. The van der Waals surface area contributed by atoms with Gasteiger partial charge in [0.15, 0.2) is 5.82 Å². The molecule has 0 atom stereocenters. The molecule has 0 unspecified atom stereocenters. The Morgan fingerprint density at radius 2 is 1.86 bits per heavy atom. The minimum absolute atomic E-state index is 0.276. The first-order valence-corrected chi connectivity index (χ1v) is 10.5. The first-order chi connectivity index (χ1) is 13.5. The van der Waals surface area contributed by atoms with Gasteiger partial charge in [-0.25, -0.2) is 13.4 Å². The lowest BCUT2D eigenvalue weighted by Crippen LogP contribution is -2.11. The summed E-state index contributed by atoms with van der Waals surface area (Å²) >= 11 is 1.22. The number of nitrogens with one attached hydrogen (secondary N) is 1. The van der Waals surface area contributed by atoms with Gasteiger partial charge in [-0.2, -0.15) is 0 Å². The lowest BCUT2D eigenvalue weighted by atomic mass is 10.3. The van der Waals surface area contributed by atoms with E-state index in [-0.39, 0.29) is 4.21 Å². The third-order valence-corrected chi connectivity index (χ3v) is 6.58. The van der Waals surface area contributed by atoms with Crippen molar-refractivity contribution >= 4 is 27.0 Å². The quantitative estimate of drug-likeness (QED) is 0.518. The fraction of sp³-hybridized carbons (Fsp3) is 0.0556. The van der Waals surface area contributed by atoms with Crippen molar-refractivity contribution in [1.82, 2.24) is 19.7 Å². The topological polar surface area (TPSA) is 99.0 Å². The lowest BCUT2D eigenvalue weighted by molar-refractivity contribution is 0.454. The zero-order valence-corrected chi connectivity index (χ0v) is 16.3. The van der Waals surface area contributed by atoms with Crippen LogP contribution < -0.4 is 9.46 Å². The van der Waals surface area contributed by atoms with E-state index in [4.69, 9.17) is 4.74 Å². The van der Waals surface area contributed by atoms with Crippen LogP contribution in [-0.2, 0) is 10.0 Å². The highest BCUT2D eigenvalue weighted by atomic mass is 32.2. The Labute approximate surface area is 165 Å². The number of rotatable bonds is 6. The molecule has 3 aromatic heterocycles. The molecule has 0 saturated heterocycles. The molecule has 0 aliphatic rings. The van der Waals surface area contributed by atoms with E-state index in [0.717, 1.165) is 4.88 Å². The molecule has 142 valence electrons. The zero-order valence-electron chi connectivity index (χ0n) is 14.7. The number of imidazole rings is 1. The van der Waals surface area contributed by atoms with Crippen molar-refractivity contribution in [3.8, 4) is 17.4 Å². The number of anilines is 1. The van der Waals surface area contributed by atoms with Crippen molar-refractivity contribution in [2.75, 3.05) is 4.72 Å². The second-order valence-electron chi connectivity index (χ2n) is 5.80. The predicted molar refractivity (Wildman–Crippen MR) is 106 cm³/mol. The maximum atomic E-state index is 12.4. The summed E-state index contributed by atoms with van der Waals surface area (Å²) in [6.45, 7) is 1.86. The third kappa shape index (κ3) is 4.02. The van der Waals surface area contributed by atoms with Crippen molar-refractivity contribution in [2.24, 2.45) is 0 Å². The van der Waals surface area contributed by atoms with Gasteiger partial charge >= 0.3 is 0 Å². The van der Waals surface area contributed by atoms with Gasteiger partial charge < -0.3 is 4.74 Å². The molecule has 0 fully saturated rings. The maximum Gasteiger partial charge on any atom is 0.271 e. The molecular formula is C18H15N5O3S2. The standard InChI is InChI=1S/C18H15N5O3S2/c1-13-2-9-18(27-13)28(24,25)22-14-3-5-15(6-4-14)26-17-8-7-16(20-21-17)23-11-10-19-12-23/h2-12,22H,1H3. The van der Waals surface area contributed by atoms with Crippen LogP contribution in [0.1, 0.15) is 4.88 Å². The summed E-state index contributed by atoms with van der Waals surface area (Å²) in [4.78, 5) is 4.89. The zero-order chi connectivity index (χ0) is 19.6. The molecule has 10 heteroatoms. The number of aromatic nitrogens is 4. The van der Waals surface area contributed by atoms with Crippen LogP contribution >= 0.6 is 11.3 Å². The van der Waals surface area contributed by atoms with Crippen molar-refractivity contribution in [1.29, 1.82) is 0 Å². The van der Waals surface area contributed by atoms with E-state index < -0.39 is 10.0 Å². The highest BCUT2D eigenvalue weighted by Crippen LogP contribution is 2.25. The Balaban J connectivity index is 1.43. The number of benzene rings is 1. The molecule has 28 heavy (non-hydrogen) atoms. The molecule has 4 rings (SSSR count). The molecule has 0 spiro atoms. The van der Waals surface area contributed by atoms with Gasteiger partial charge in [0.05, 0.1) is 0 Å². The van der Waals surface area contributed by atoms with E-state index in [1.807, 2.05) is 6.92 Å². The number of ether oxygens (including phenoxy) is 1. The van der Waals surface area contributed by atoms with Crippen molar-refractivity contribution in [2.45, 2.75) is 11.1 Å². The second-order valence-corrected chi connectivity index (χ2v) is 8.99. The summed E-state index contributed by atoms with van der Waals surface area (Å²) in [5.41, 5.74) is 0.444. The number of thiophene rings is 1. The van der Waals surface area contributed by atoms with Crippen LogP contribution in [0.15, 0.2) is 71.5 Å². The van der Waals surface area contributed by atoms with Crippen LogP contribution in [0, 0.1) is 6.92 Å². The monoisotopic (exact) mass is 413 g/mol. The first kappa shape index (κ1) is 18.1. The van der Waals surface area contributed by atoms with Crippen molar-refractivity contribution in [3.05, 3.63) is 72.1 Å². The van der Waals surface area contributed by atoms with Gasteiger partial charge in [0.2, 0.25) is 5.88 Å². The van der Waals surface area contributed by atoms with E-state index in [9.17, 15) is 8.42 Å². The molecule has 4 aromatic rings. The SMILES string of the molecule is Cc1ccc(S(=O)(=O)Nc2ccc(Oc3ccc(-n4ccnc4)nn3)cc2)s1. The van der Waals surface area contributed by atoms with Gasteiger partial charge in [-0.3, -0.25) is 9.29 Å². The van der Waals surface area contributed by atoms with E-state index in [2.05, 4.69) is 19.9 Å². The minimum Gasteiger partial charge on any atom is -0.438 e. The summed E-state index contributed by atoms with van der Waals surface area (Å²) in [7, 11) is -3.59. The fourth-order valence-electron chi connectivity index (χ4n) is 2.37. The molecule has 0 aliphatic heterocycles. The van der Waals surface area contributed by atoms with Gasteiger partial charge in [-0.15, -0.1) is 21.5 Å². The average molecular weight is 413 g/mol. The van der Waals surface area contributed by atoms with E-state index in [0.29, 0.717) is 23.1 Å². The van der Waals surface area contributed by atoms with Crippen LogP contribution in [0.2, 0.25) is 0 Å². The Hall–Kier alpha value is -3.24.